The normalized spacial score (nSPS) is 12.9. The Bertz CT molecular complexity index is 411. The lowest BCUT2D eigenvalue weighted by Gasteiger charge is -2.14. The summed E-state index contributed by atoms with van der Waals surface area (Å²) >= 11 is 6.95. The molecule has 0 aliphatic rings. The number of rotatable bonds is 4. The van der Waals surface area contributed by atoms with Gasteiger partial charge < -0.3 is 5.32 Å². The maximum absolute atomic E-state index is 4.37. The van der Waals surface area contributed by atoms with Gasteiger partial charge in [-0.05, 0) is 33.9 Å². The molecule has 0 aromatic carbocycles. The Morgan fingerprint density at radius 1 is 1.60 bits per heavy atom. The number of nitrogens with zero attached hydrogens (tertiary/aromatic N) is 1. The molecule has 1 unspecified atom stereocenters. The Kier molecular flexibility index (Phi) is 3.91. The number of nitrogens with one attached hydrogen (secondary N) is 1. The molecule has 2 nitrogen and oxygen atoms in total. The van der Waals surface area contributed by atoms with Crippen LogP contribution in [0.5, 0.6) is 0 Å². The number of hydrogen-bond acceptors (Lipinski definition) is 4. The molecule has 80 valence electrons. The molecule has 0 radical (unpaired) electrons. The van der Waals surface area contributed by atoms with Gasteiger partial charge in [-0.3, -0.25) is 0 Å². The largest absolute Gasteiger partial charge is 0.305 e. The summed E-state index contributed by atoms with van der Waals surface area (Å²) in [7, 11) is 0. The van der Waals surface area contributed by atoms with E-state index in [0.29, 0.717) is 0 Å². The van der Waals surface area contributed by atoms with Gasteiger partial charge in [0.05, 0.1) is 17.2 Å². The lowest BCUT2D eigenvalue weighted by atomic mass is 10.2. The number of aromatic nitrogens is 1. The van der Waals surface area contributed by atoms with Crippen LogP contribution in [0.4, 0.5) is 0 Å². The second-order valence-electron chi connectivity index (χ2n) is 3.04. The van der Waals surface area contributed by atoms with Crippen LogP contribution in [0.25, 0.3) is 0 Å². The zero-order valence-corrected chi connectivity index (χ0v) is 11.5. The van der Waals surface area contributed by atoms with Crippen LogP contribution in [-0.4, -0.2) is 11.5 Å². The topological polar surface area (TPSA) is 24.9 Å². The lowest BCUT2D eigenvalue weighted by Crippen LogP contribution is -2.21. The van der Waals surface area contributed by atoms with E-state index in [2.05, 4.69) is 50.0 Å². The fourth-order valence-corrected chi connectivity index (χ4v) is 3.68. The molecule has 1 N–H and O–H groups in total. The fraction of sp³-hybridized carbons (Fsp3) is 0.300. The van der Waals surface area contributed by atoms with Gasteiger partial charge in [0.25, 0.3) is 0 Å². The molecule has 0 aliphatic heterocycles. The molecule has 5 heteroatoms. The van der Waals surface area contributed by atoms with Crippen LogP contribution in [0.1, 0.15) is 23.5 Å². The molecular formula is C10H11BrN2S2. The molecule has 0 bridgehead atoms. The Morgan fingerprint density at radius 3 is 3.00 bits per heavy atom. The van der Waals surface area contributed by atoms with Crippen molar-refractivity contribution in [2.45, 2.75) is 13.0 Å². The number of thiophene rings is 1. The average molecular weight is 303 g/mol. The van der Waals surface area contributed by atoms with Crippen molar-refractivity contribution < 1.29 is 0 Å². The summed E-state index contributed by atoms with van der Waals surface area (Å²) < 4.78 is 1.16. The third kappa shape index (κ3) is 2.47. The van der Waals surface area contributed by atoms with E-state index in [-0.39, 0.29) is 6.04 Å². The molecule has 0 saturated carbocycles. The first-order valence-corrected chi connectivity index (χ1v) is 7.28. The van der Waals surface area contributed by atoms with E-state index in [1.165, 1.54) is 4.88 Å². The standard InChI is InChI=1S/C10H11BrN2S2/c1-2-12-9(8-5-14-6-13-8)10-7(11)3-4-15-10/h3-6,9,12H,2H2,1H3. The van der Waals surface area contributed by atoms with Crippen molar-refractivity contribution >= 4 is 38.6 Å². The van der Waals surface area contributed by atoms with Crippen LogP contribution in [0.3, 0.4) is 0 Å². The predicted octanol–water partition coefficient (Wildman–Crippen LogP) is 3.67. The summed E-state index contributed by atoms with van der Waals surface area (Å²) in [6, 6.07) is 2.30. The highest BCUT2D eigenvalue weighted by atomic mass is 79.9. The molecule has 0 amide bonds. The van der Waals surface area contributed by atoms with Gasteiger partial charge in [0.2, 0.25) is 0 Å². The van der Waals surface area contributed by atoms with Gasteiger partial charge in [-0.25, -0.2) is 4.98 Å². The van der Waals surface area contributed by atoms with Crippen LogP contribution in [0.15, 0.2) is 26.8 Å². The number of hydrogen-bond donors (Lipinski definition) is 1. The monoisotopic (exact) mass is 302 g/mol. The maximum Gasteiger partial charge on any atom is 0.0864 e. The zero-order chi connectivity index (χ0) is 10.7. The molecule has 0 spiro atoms. The third-order valence-electron chi connectivity index (χ3n) is 2.06. The molecule has 0 aliphatic carbocycles. The van der Waals surface area contributed by atoms with Gasteiger partial charge >= 0.3 is 0 Å². The smallest absolute Gasteiger partial charge is 0.0864 e. The van der Waals surface area contributed by atoms with E-state index >= 15 is 0 Å². The van der Waals surface area contributed by atoms with Crippen molar-refractivity contribution in [3.8, 4) is 0 Å². The fourth-order valence-electron chi connectivity index (χ4n) is 1.41. The maximum atomic E-state index is 4.37. The number of thiazole rings is 1. The van der Waals surface area contributed by atoms with Crippen molar-refractivity contribution in [1.29, 1.82) is 0 Å². The first-order valence-electron chi connectivity index (χ1n) is 4.67. The van der Waals surface area contributed by atoms with Crippen LogP contribution in [0, 0.1) is 0 Å². The highest BCUT2D eigenvalue weighted by Gasteiger charge is 2.18. The third-order valence-corrected chi connectivity index (χ3v) is 4.60. The van der Waals surface area contributed by atoms with Crippen LogP contribution in [0.2, 0.25) is 0 Å². The van der Waals surface area contributed by atoms with E-state index in [0.717, 1.165) is 16.7 Å². The Balaban J connectivity index is 2.32. The lowest BCUT2D eigenvalue weighted by molar-refractivity contribution is 0.626. The SMILES string of the molecule is CCNC(c1cscn1)c1sccc1Br. The van der Waals surface area contributed by atoms with Gasteiger partial charge in [0, 0.05) is 14.7 Å². The Labute approximate surface area is 106 Å². The van der Waals surface area contributed by atoms with Crippen molar-refractivity contribution in [1.82, 2.24) is 10.3 Å². The summed E-state index contributed by atoms with van der Waals surface area (Å²) in [5.41, 5.74) is 2.98. The van der Waals surface area contributed by atoms with E-state index in [1.54, 1.807) is 22.7 Å². The molecule has 2 heterocycles. The van der Waals surface area contributed by atoms with E-state index < -0.39 is 0 Å². The molecule has 1 atom stereocenters. The quantitative estimate of drug-likeness (QED) is 0.932. The van der Waals surface area contributed by atoms with Gasteiger partial charge in [-0.1, -0.05) is 6.92 Å². The van der Waals surface area contributed by atoms with Crippen LogP contribution in [-0.2, 0) is 0 Å². The summed E-state index contributed by atoms with van der Waals surface area (Å²) in [6.45, 7) is 3.05. The zero-order valence-electron chi connectivity index (χ0n) is 8.24. The molecular weight excluding hydrogens is 292 g/mol. The van der Waals surface area contributed by atoms with E-state index in [1.807, 2.05) is 5.51 Å². The van der Waals surface area contributed by atoms with Crippen LogP contribution >= 0.6 is 38.6 Å². The predicted molar refractivity (Wildman–Crippen MR) is 69.7 cm³/mol. The minimum atomic E-state index is 0.218. The first kappa shape index (κ1) is 11.3. The minimum Gasteiger partial charge on any atom is -0.305 e. The molecule has 0 fully saturated rings. The minimum absolute atomic E-state index is 0.218. The number of halogens is 1. The second-order valence-corrected chi connectivity index (χ2v) is 5.56. The molecule has 2 aromatic heterocycles. The van der Waals surface area contributed by atoms with Crippen molar-refractivity contribution in [2.75, 3.05) is 6.54 Å². The van der Waals surface area contributed by atoms with Gasteiger partial charge in [0.15, 0.2) is 0 Å². The average Bonchev–Trinajstić information content (AvgIpc) is 2.85. The van der Waals surface area contributed by atoms with Gasteiger partial charge in [0.1, 0.15) is 0 Å². The highest BCUT2D eigenvalue weighted by Crippen LogP contribution is 2.32. The van der Waals surface area contributed by atoms with Crippen LogP contribution < -0.4 is 5.32 Å². The summed E-state index contributed by atoms with van der Waals surface area (Å²) in [5, 5.41) is 7.64. The summed E-state index contributed by atoms with van der Waals surface area (Å²) in [5.74, 6) is 0. The molecule has 15 heavy (non-hydrogen) atoms. The van der Waals surface area contributed by atoms with Crippen molar-refractivity contribution in [2.24, 2.45) is 0 Å². The summed E-state index contributed by atoms with van der Waals surface area (Å²) in [6.07, 6.45) is 0. The van der Waals surface area contributed by atoms with Crippen molar-refractivity contribution in [3.05, 3.63) is 37.4 Å². The van der Waals surface area contributed by atoms with Gasteiger partial charge in [-0.15, -0.1) is 22.7 Å². The highest BCUT2D eigenvalue weighted by molar-refractivity contribution is 9.10. The first-order chi connectivity index (χ1) is 7.33. The summed E-state index contributed by atoms with van der Waals surface area (Å²) in [4.78, 5) is 5.67. The van der Waals surface area contributed by atoms with E-state index in [4.69, 9.17) is 0 Å². The Morgan fingerprint density at radius 2 is 2.47 bits per heavy atom. The molecule has 2 aromatic rings. The van der Waals surface area contributed by atoms with E-state index in [9.17, 15) is 0 Å². The Hall–Kier alpha value is -0.230. The van der Waals surface area contributed by atoms with Crippen molar-refractivity contribution in [3.63, 3.8) is 0 Å². The van der Waals surface area contributed by atoms with Gasteiger partial charge in [-0.2, -0.15) is 0 Å². The second kappa shape index (κ2) is 5.21. The molecule has 0 saturated heterocycles. The molecule has 2 rings (SSSR count).